The molecule has 0 aliphatic carbocycles. The molecular weight excluding hydrogens is 194 g/mol. The largest absolute Gasteiger partial charge is 0.465 e. The molecule has 0 spiro atoms. The first kappa shape index (κ1) is 9.98. The third-order valence-electron chi connectivity index (χ3n) is 2.42. The highest BCUT2D eigenvalue weighted by molar-refractivity contribution is 5.65. The van der Waals surface area contributed by atoms with Crippen molar-refractivity contribution in [1.82, 2.24) is 5.32 Å². The molecule has 0 radical (unpaired) electrons. The summed E-state index contributed by atoms with van der Waals surface area (Å²) < 4.78 is 5.12. The molecule has 4 nitrogen and oxygen atoms in total. The Labute approximate surface area is 87.9 Å². The van der Waals surface area contributed by atoms with Gasteiger partial charge in [0.15, 0.2) is 0 Å². The third kappa shape index (κ3) is 2.95. The Hall–Kier alpha value is -1.55. The zero-order valence-electron chi connectivity index (χ0n) is 8.22. The molecule has 1 fully saturated rings. The molecule has 2 rings (SSSR count). The number of carboxylic acid groups (broad SMARTS) is 1. The minimum atomic E-state index is -0.994. The van der Waals surface area contributed by atoms with Crippen molar-refractivity contribution in [2.75, 3.05) is 6.61 Å². The average Bonchev–Trinajstić information content (AvgIpc) is 3.01. The number of rotatable bonds is 4. The smallest absolute Gasteiger partial charge is 0.404 e. The first-order valence-electron chi connectivity index (χ1n) is 4.90. The minimum Gasteiger partial charge on any atom is -0.465 e. The fraction of sp³-hybridized carbons (Fsp3) is 0.364. The summed E-state index contributed by atoms with van der Waals surface area (Å²) in [5.41, 5.74) is 1.12. The molecule has 1 aliphatic heterocycles. The van der Waals surface area contributed by atoms with Crippen LogP contribution in [-0.4, -0.2) is 30.0 Å². The van der Waals surface area contributed by atoms with Crippen LogP contribution in [0.3, 0.4) is 0 Å². The molecule has 1 aliphatic rings. The van der Waals surface area contributed by atoms with E-state index in [1.54, 1.807) is 0 Å². The lowest BCUT2D eigenvalue weighted by molar-refractivity contribution is 0.186. The van der Waals surface area contributed by atoms with Crippen LogP contribution in [0.15, 0.2) is 30.3 Å². The summed E-state index contributed by atoms with van der Waals surface area (Å²) in [6.45, 7) is 0.651. The van der Waals surface area contributed by atoms with Crippen LogP contribution in [-0.2, 0) is 11.2 Å². The summed E-state index contributed by atoms with van der Waals surface area (Å²) in [6, 6.07) is 9.67. The minimum absolute atomic E-state index is 0.0429. The van der Waals surface area contributed by atoms with E-state index in [1.165, 1.54) is 0 Å². The van der Waals surface area contributed by atoms with Crippen LogP contribution in [0, 0.1) is 0 Å². The highest BCUT2D eigenvalue weighted by Gasteiger charge is 2.33. The van der Waals surface area contributed by atoms with Crippen molar-refractivity contribution in [1.29, 1.82) is 0 Å². The molecule has 2 atom stereocenters. The summed E-state index contributed by atoms with van der Waals surface area (Å²) in [5, 5.41) is 11.2. The van der Waals surface area contributed by atoms with Gasteiger partial charge in [0.25, 0.3) is 0 Å². The van der Waals surface area contributed by atoms with E-state index in [2.05, 4.69) is 5.32 Å². The van der Waals surface area contributed by atoms with Crippen molar-refractivity contribution < 1.29 is 14.6 Å². The Morgan fingerprint density at radius 3 is 2.73 bits per heavy atom. The lowest BCUT2D eigenvalue weighted by Crippen LogP contribution is -2.39. The van der Waals surface area contributed by atoms with Crippen LogP contribution in [0.1, 0.15) is 5.56 Å². The summed E-state index contributed by atoms with van der Waals surface area (Å²) in [5.74, 6) is 0. The fourth-order valence-corrected chi connectivity index (χ4v) is 1.59. The molecule has 0 aromatic heterocycles. The van der Waals surface area contributed by atoms with Gasteiger partial charge in [0.2, 0.25) is 0 Å². The van der Waals surface area contributed by atoms with E-state index in [-0.39, 0.29) is 12.1 Å². The molecule has 4 heteroatoms. The Morgan fingerprint density at radius 1 is 1.53 bits per heavy atom. The predicted octanol–water partition coefficient (Wildman–Crippen LogP) is 1.26. The number of ether oxygens (including phenoxy) is 1. The zero-order chi connectivity index (χ0) is 10.7. The second-order valence-corrected chi connectivity index (χ2v) is 3.62. The van der Waals surface area contributed by atoms with Crippen molar-refractivity contribution in [3.8, 4) is 0 Å². The molecule has 0 unspecified atom stereocenters. The Balaban J connectivity index is 1.97. The van der Waals surface area contributed by atoms with Crippen LogP contribution in [0.25, 0.3) is 0 Å². The quantitative estimate of drug-likeness (QED) is 0.731. The number of carbonyl (C=O) groups is 1. The number of nitrogens with one attached hydrogen (secondary N) is 1. The number of amides is 1. The number of hydrogen-bond donors (Lipinski definition) is 2. The predicted molar refractivity (Wildman–Crippen MR) is 54.8 cm³/mol. The van der Waals surface area contributed by atoms with E-state index < -0.39 is 6.09 Å². The van der Waals surface area contributed by atoms with Gasteiger partial charge in [0.05, 0.1) is 12.6 Å². The lowest BCUT2D eigenvalue weighted by atomic mass is 10.0. The molecule has 1 aromatic carbocycles. The molecule has 0 saturated carbocycles. The van der Waals surface area contributed by atoms with Gasteiger partial charge in [-0.15, -0.1) is 0 Å². The first-order valence-corrected chi connectivity index (χ1v) is 4.90. The maximum atomic E-state index is 10.6. The van der Waals surface area contributed by atoms with Gasteiger partial charge in [-0.25, -0.2) is 4.79 Å². The monoisotopic (exact) mass is 207 g/mol. The average molecular weight is 207 g/mol. The molecule has 1 amide bonds. The molecular formula is C11H13NO3. The highest BCUT2D eigenvalue weighted by Crippen LogP contribution is 2.17. The topological polar surface area (TPSA) is 61.9 Å². The van der Waals surface area contributed by atoms with E-state index in [9.17, 15) is 4.79 Å². The van der Waals surface area contributed by atoms with Gasteiger partial charge in [-0.2, -0.15) is 0 Å². The van der Waals surface area contributed by atoms with Crippen LogP contribution < -0.4 is 5.32 Å². The van der Waals surface area contributed by atoms with Gasteiger partial charge in [0, 0.05) is 0 Å². The fourth-order valence-electron chi connectivity index (χ4n) is 1.59. The molecule has 0 bridgehead atoms. The van der Waals surface area contributed by atoms with Gasteiger partial charge in [0.1, 0.15) is 6.10 Å². The molecule has 80 valence electrons. The van der Waals surface area contributed by atoms with Gasteiger partial charge >= 0.3 is 6.09 Å². The Kier molecular flexibility index (Phi) is 2.87. The van der Waals surface area contributed by atoms with Crippen molar-refractivity contribution in [2.45, 2.75) is 18.6 Å². The maximum absolute atomic E-state index is 10.6. The van der Waals surface area contributed by atoms with Crippen molar-refractivity contribution in [3.63, 3.8) is 0 Å². The van der Waals surface area contributed by atoms with Crippen LogP contribution in [0.2, 0.25) is 0 Å². The van der Waals surface area contributed by atoms with Crippen molar-refractivity contribution >= 4 is 6.09 Å². The second kappa shape index (κ2) is 4.31. The molecule has 1 saturated heterocycles. The van der Waals surface area contributed by atoms with E-state index in [0.29, 0.717) is 13.0 Å². The molecule has 15 heavy (non-hydrogen) atoms. The van der Waals surface area contributed by atoms with E-state index in [4.69, 9.17) is 9.84 Å². The van der Waals surface area contributed by atoms with E-state index >= 15 is 0 Å². The number of epoxide rings is 1. The van der Waals surface area contributed by atoms with Crippen LogP contribution in [0.5, 0.6) is 0 Å². The molecule has 1 aromatic rings. The third-order valence-corrected chi connectivity index (χ3v) is 2.42. The first-order chi connectivity index (χ1) is 7.25. The van der Waals surface area contributed by atoms with Crippen LogP contribution in [0.4, 0.5) is 4.79 Å². The summed E-state index contributed by atoms with van der Waals surface area (Å²) in [6.07, 6.45) is -0.273. The van der Waals surface area contributed by atoms with Crippen molar-refractivity contribution in [2.24, 2.45) is 0 Å². The summed E-state index contributed by atoms with van der Waals surface area (Å²) in [4.78, 5) is 10.6. The Bertz CT molecular complexity index is 335. The standard InChI is InChI=1S/C11H13NO3/c13-11(14)12-9(10-7-15-10)6-8-4-2-1-3-5-8/h1-5,9-10,12H,6-7H2,(H,13,14)/t9-,10-/m1/s1. The van der Waals surface area contributed by atoms with Crippen LogP contribution >= 0.6 is 0 Å². The maximum Gasteiger partial charge on any atom is 0.404 e. The van der Waals surface area contributed by atoms with Gasteiger partial charge < -0.3 is 15.2 Å². The summed E-state index contributed by atoms with van der Waals surface area (Å²) >= 11 is 0. The van der Waals surface area contributed by atoms with Gasteiger partial charge in [-0.05, 0) is 12.0 Å². The number of hydrogen-bond acceptors (Lipinski definition) is 2. The number of benzene rings is 1. The SMILES string of the molecule is O=C(O)N[C@H](Cc1ccccc1)[C@H]1CO1. The Morgan fingerprint density at radius 2 is 2.20 bits per heavy atom. The zero-order valence-corrected chi connectivity index (χ0v) is 8.22. The van der Waals surface area contributed by atoms with Gasteiger partial charge in [-0.3, -0.25) is 0 Å². The normalized spacial score (nSPS) is 20.7. The second-order valence-electron chi connectivity index (χ2n) is 3.62. The van der Waals surface area contributed by atoms with E-state index in [0.717, 1.165) is 5.56 Å². The summed E-state index contributed by atoms with van der Waals surface area (Å²) in [7, 11) is 0. The highest BCUT2D eigenvalue weighted by atomic mass is 16.6. The molecule has 1 heterocycles. The van der Waals surface area contributed by atoms with E-state index in [1.807, 2.05) is 30.3 Å². The van der Waals surface area contributed by atoms with Gasteiger partial charge in [-0.1, -0.05) is 30.3 Å². The molecule has 2 N–H and O–H groups in total. The lowest BCUT2D eigenvalue weighted by Gasteiger charge is -2.14. The van der Waals surface area contributed by atoms with Crippen molar-refractivity contribution in [3.05, 3.63) is 35.9 Å².